The number of rotatable bonds is 0. The summed E-state index contributed by atoms with van der Waals surface area (Å²) in [7, 11) is 0. The second-order valence-electron chi connectivity index (χ2n) is 1.58. The zero-order chi connectivity index (χ0) is 4.57. The molecule has 1 aliphatic carbocycles. The van der Waals surface area contributed by atoms with Crippen molar-refractivity contribution < 1.29 is 5.11 Å². The molecule has 0 aromatic heterocycles. The standard InChI is InChI=1S/C5H6O/c1-2-4-3-5(4)6/h1,4-6H,3H2. The van der Waals surface area contributed by atoms with Crippen molar-refractivity contribution in [1.82, 2.24) is 0 Å². The molecular formula is C5H6O. The van der Waals surface area contributed by atoms with Gasteiger partial charge < -0.3 is 5.11 Å². The molecule has 0 radical (unpaired) electrons. The Balaban J connectivity index is 2.31. The van der Waals surface area contributed by atoms with E-state index in [1.165, 1.54) is 0 Å². The van der Waals surface area contributed by atoms with E-state index >= 15 is 0 Å². The Kier molecular flexibility index (Phi) is 0.611. The first-order chi connectivity index (χ1) is 2.84. The van der Waals surface area contributed by atoms with Crippen LogP contribution in [0.15, 0.2) is 0 Å². The third-order valence-corrected chi connectivity index (χ3v) is 0.971. The number of hydrogen-bond acceptors (Lipinski definition) is 1. The summed E-state index contributed by atoms with van der Waals surface area (Å²) in [5.74, 6) is 2.62. The van der Waals surface area contributed by atoms with Gasteiger partial charge in [0, 0.05) is 5.92 Å². The molecule has 0 aliphatic heterocycles. The molecule has 1 fully saturated rings. The largest absolute Gasteiger partial charge is 0.392 e. The Morgan fingerprint density at radius 2 is 2.33 bits per heavy atom. The molecule has 1 nitrogen and oxygen atoms in total. The molecule has 32 valence electrons. The maximum Gasteiger partial charge on any atom is 0.0691 e. The Morgan fingerprint density at radius 1 is 1.83 bits per heavy atom. The van der Waals surface area contributed by atoms with Crippen molar-refractivity contribution in [2.45, 2.75) is 12.5 Å². The van der Waals surface area contributed by atoms with Gasteiger partial charge in [-0.25, -0.2) is 0 Å². The Bertz CT molecular complexity index is 90.6. The minimum Gasteiger partial charge on any atom is -0.392 e. The summed E-state index contributed by atoms with van der Waals surface area (Å²) in [6.07, 6.45) is 5.56. The van der Waals surface area contributed by atoms with Gasteiger partial charge in [0.15, 0.2) is 0 Å². The molecule has 0 spiro atoms. The smallest absolute Gasteiger partial charge is 0.0691 e. The fraction of sp³-hybridized carbons (Fsp3) is 0.600. The summed E-state index contributed by atoms with van der Waals surface area (Å²) < 4.78 is 0. The summed E-state index contributed by atoms with van der Waals surface area (Å²) >= 11 is 0. The number of hydrogen-bond donors (Lipinski definition) is 1. The van der Waals surface area contributed by atoms with Gasteiger partial charge in [-0.3, -0.25) is 0 Å². The molecular weight excluding hydrogens is 76.1 g/mol. The van der Waals surface area contributed by atoms with Crippen LogP contribution in [0.2, 0.25) is 0 Å². The van der Waals surface area contributed by atoms with Gasteiger partial charge >= 0.3 is 0 Å². The van der Waals surface area contributed by atoms with Gasteiger partial charge in [0.25, 0.3) is 0 Å². The van der Waals surface area contributed by atoms with E-state index in [1.54, 1.807) is 0 Å². The first-order valence-corrected chi connectivity index (χ1v) is 1.99. The molecule has 6 heavy (non-hydrogen) atoms. The summed E-state index contributed by atoms with van der Waals surface area (Å²) in [5, 5.41) is 8.48. The van der Waals surface area contributed by atoms with E-state index in [9.17, 15) is 0 Å². The molecule has 0 amide bonds. The van der Waals surface area contributed by atoms with Crippen LogP contribution in [0.5, 0.6) is 0 Å². The van der Waals surface area contributed by atoms with Crippen LogP contribution in [0.3, 0.4) is 0 Å². The lowest BCUT2D eigenvalue weighted by Crippen LogP contribution is -1.77. The molecule has 1 N–H and O–H groups in total. The minimum absolute atomic E-state index is 0.171. The van der Waals surface area contributed by atoms with Crippen LogP contribution in [-0.4, -0.2) is 11.2 Å². The second-order valence-corrected chi connectivity index (χ2v) is 1.58. The van der Waals surface area contributed by atoms with Gasteiger partial charge in [0.2, 0.25) is 0 Å². The van der Waals surface area contributed by atoms with Crippen LogP contribution >= 0.6 is 0 Å². The molecule has 0 bridgehead atoms. The predicted octanol–water partition coefficient (Wildman–Crippen LogP) is 0.000400. The summed E-state index contributed by atoms with van der Waals surface area (Å²) in [6, 6.07) is 0. The molecule has 2 unspecified atom stereocenters. The van der Waals surface area contributed by atoms with Crippen LogP contribution in [-0.2, 0) is 0 Å². The van der Waals surface area contributed by atoms with Crippen molar-refractivity contribution in [3.05, 3.63) is 0 Å². The third kappa shape index (κ3) is 0.395. The zero-order valence-corrected chi connectivity index (χ0v) is 3.39. The minimum atomic E-state index is -0.171. The fourth-order valence-corrected chi connectivity index (χ4v) is 0.361. The van der Waals surface area contributed by atoms with Crippen molar-refractivity contribution in [1.29, 1.82) is 0 Å². The molecule has 1 saturated carbocycles. The lowest BCUT2D eigenvalue weighted by atomic mass is 10.5. The average Bonchev–Trinajstić information content (AvgIpc) is 2.19. The second kappa shape index (κ2) is 0.990. The third-order valence-electron chi connectivity index (χ3n) is 0.971. The van der Waals surface area contributed by atoms with E-state index in [0.717, 1.165) is 6.42 Å². The van der Waals surface area contributed by atoms with Gasteiger partial charge in [0.1, 0.15) is 0 Å². The zero-order valence-electron chi connectivity index (χ0n) is 3.39. The maximum absolute atomic E-state index is 8.48. The predicted molar refractivity (Wildman–Crippen MR) is 22.9 cm³/mol. The first-order valence-electron chi connectivity index (χ1n) is 1.99. The van der Waals surface area contributed by atoms with E-state index in [1.807, 2.05) is 0 Å². The molecule has 0 aromatic rings. The maximum atomic E-state index is 8.48. The van der Waals surface area contributed by atoms with Crippen molar-refractivity contribution in [3.8, 4) is 12.3 Å². The van der Waals surface area contributed by atoms with E-state index < -0.39 is 0 Å². The van der Waals surface area contributed by atoms with Gasteiger partial charge in [0.05, 0.1) is 6.10 Å². The normalized spacial score (nSPS) is 41.3. The summed E-state index contributed by atoms with van der Waals surface area (Å²) in [5.41, 5.74) is 0. The van der Waals surface area contributed by atoms with Gasteiger partial charge in [-0.15, -0.1) is 12.3 Å². The van der Waals surface area contributed by atoms with Crippen molar-refractivity contribution in [3.63, 3.8) is 0 Å². The first kappa shape index (κ1) is 3.70. The number of terminal acetylenes is 1. The van der Waals surface area contributed by atoms with Gasteiger partial charge in [-0.1, -0.05) is 0 Å². The lowest BCUT2D eigenvalue weighted by Gasteiger charge is -1.69. The van der Waals surface area contributed by atoms with Crippen LogP contribution in [0.1, 0.15) is 6.42 Å². The summed E-state index contributed by atoms with van der Waals surface area (Å²) in [4.78, 5) is 0. The number of aliphatic hydroxyl groups excluding tert-OH is 1. The van der Waals surface area contributed by atoms with Crippen LogP contribution in [0, 0.1) is 18.3 Å². The fourth-order valence-electron chi connectivity index (χ4n) is 0.361. The van der Waals surface area contributed by atoms with Gasteiger partial charge in [-0.05, 0) is 6.42 Å². The summed E-state index contributed by atoms with van der Waals surface area (Å²) in [6.45, 7) is 0. The van der Waals surface area contributed by atoms with Crippen molar-refractivity contribution >= 4 is 0 Å². The van der Waals surface area contributed by atoms with E-state index in [4.69, 9.17) is 11.5 Å². The van der Waals surface area contributed by atoms with Crippen LogP contribution < -0.4 is 0 Å². The molecule has 0 saturated heterocycles. The average molecular weight is 82.1 g/mol. The number of aliphatic hydroxyl groups is 1. The Hall–Kier alpha value is -0.480. The van der Waals surface area contributed by atoms with Crippen molar-refractivity contribution in [2.75, 3.05) is 0 Å². The molecule has 2 atom stereocenters. The van der Waals surface area contributed by atoms with E-state index in [2.05, 4.69) is 5.92 Å². The van der Waals surface area contributed by atoms with Crippen LogP contribution in [0.25, 0.3) is 0 Å². The quantitative estimate of drug-likeness (QED) is 0.408. The molecule has 1 aliphatic rings. The lowest BCUT2D eigenvalue weighted by molar-refractivity contribution is 0.269. The monoisotopic (exact) mass is 82.0 g/mol. The Labute approximate surface area is 37.0 Å². The highest BCUT2D eigenvalue weighted by Gasteiger charge is 2.32. The van der Waals surface area contributed by atoms with E-state index in [0.29, 0.717) is 0 Å². The van der Waals surface area contributed by atoms with Gasteiger partial charge in [-0.2, -0.15) is 0 Å². The highest BCUT2D eigenvalue weighted by atomic mass is 16.3. The van der Waals surface area contributed by atoms with E-state index in [-0.39, 0.29) is 12.0 Å². The SMILES string of the molecule is C#CC1CC1O. The highest BCUT2D eigenvalue weighted by molar-refractivity contribution is 5.07. The topological polar surface area (TPSA) is 20.2 Å². The molecule has 1 rings (SSSR count). The molecule has 0 aromatic carbocycles. The molecule has 1 heteroatoms. The van der Waals surface area contributed by atoms with Crippen LogP contribution in [0.4, 0.5) is 0 Å². The Morgan fingerprint density at radius 3 is 2.33 bits per heavy atom. The van der Waals surface area contributed by atoms with Crippen molar-refractivity contribution in [2.24, 2.45) is 5.92 Å². The highest BCUT2D eigenvalue weighted by Crippen LogP contribution is 2.28. The molecule has 0 heterocycles.